The highest BCUT2D eigenvalue weighted by atomic mass is 35.5. The summed E-state index contributed by atoms with van der Waals surface area (Å²) in [7, 11) is 0. The third-order valence-electron chi connectivity index (χ3n) is 3.83. The van der Waals surface area contributed by atoms with E-state index in [2.05, 4.69) is 34.1 Å². The number of hydrogen-bond acceptors (Lipinski definition) is 4. The number of nitrogens with zero attached hydrogens (tertiary/aromatic N) is 2. The first kappa shape index (κ1) is 19.0. The Morgan fingerprint density at radius 1 is 1.24 bits per heavy atom. The van der Waals surface area contributed by atoms with Crippen molar-refractivity contribution in [3.63, 3.8) is 0 Å². The molecule has 0 aliphatic carbocycles. The molecule has 132 valence electrons. The highest BCUT2D eigenvalue weighted by molar-refractivity contribution is 6.33. The zero-order valence-electron chi connectivity index (χ0n) is 15.3. The van der Waals surface area contributed by atoms with Crippen LogP contribution in [-0.4, -0.2) is 16.5 Å². The zero-order valence-corrected chi connectivity index (χ0v) is 16.0. The average Bonchev–Trinajstić information content (AvgIpc) is 2.57. The van der Waals surface area contributed by atoms with Gasteiger partial charge in [0.1, 0.15) is 5.82 Å². The van der Waals surface area contributed by atoms with Crippen molar-refractivity contribution in [2.75, 3.05) is 11.9 Å². The van der Waals surface area contributed by atoms with Crippen molar-refractivity contribution >= 4 is 17.4 Å². The van der Waals surface area contributed by atoms with Crippen LogP contribution in [0.2, 0.25) is 5.02 Å². The van der Waals surface area contributed by atoms with Crippen molar-refractivity contribution in [3.8, 4) is 11.4 Å². The predicted octanol–water partition coefficient (Wildman–Crippen LogP) is 5.24. The molecule has 0 bridgehead atoms. The van der Waals surface area contributed by atoms with Gasteiger partial charge in [-0.2, -0.15) is 0 Å². The van der Waals surface area contributed by atoms with Gasteiger partial charge in [-0.05, 0) is 45.4 Å². The smallest absolute Gasteiger partial charge is 0.163 e. The lowest BCUT2D eigenvalue weighted by Gasteiger charge is -2.14. The highest BCUT2D eigenvalue weighted by Crippen LogP contribution is 2.27. The van der Waals surface area contributed by atoms with Crippen LogP contribution < -0.4 is 10.6 Å². The topological polar surface area (TPSA) is 49.8 Å². The Hall–Kier alpha value is -2.33. The van der Waals surface area contributed by atoms with E-state index in [4.69, 9.17) is 11.6 Å². The molecule has 0 saturated heterocycles. The molecule has 2 N–H and O–H groups in total. The van der Waals surface area contributed by atoms with Crippen LogP contribution in [0.1, 0.15) is 31.5 Å². The molecule has 5 heteroatoms. The maximum absolute atomic E-state index is 6.29. The van der Waals surface area contributed by atoms with Crippen molar-refractivity contribution in [1.29, 1.82) is 0 Å². The number of hydrogen-bond donors (Lipinski definition) is 2. The lowest BCUT2D eigenvalue weighted by Crippen LogP contribution is -2.13. The van der Waals surface area contributed by atoms with Crippen LogP contribution in [0.15, 0.2) is 48.3 Å². The Balaban J connectivity index is 2.29. The van der Waals surface area contributed by atoms with Gasteiger partial charge in [-0.25, -0.2) is 9.97 Å². The number of halogens is 1. The molecule has 0 spiro atoms. The maximum atomic E-state index is 6.29. The molecule has 2 rings (SSSR count). The van der Waals surface area contributed by atoms with Crippen molar-refractivity contribution in [2.24, 2.45) is 0 Å². The number of benzene rings is 1. The fourth-order valence-corrected chi connectivity index (χ4v) is 2.56. The summed E-state index contributed by atoms with van der Waals surface area (Å²) in [5.74, 6) is 1.35. The van der Waals surface area contributed by atoms with E-state index >= 15 is 0 Å². The molecule has 0 saturated carbocycles. The first-order valence-electron chi connectivity index (χ1n) is 8.40. The van der Waals surface area contributed by atoms with Crippen molar-refractivity contribution in [1.82, 2.24) is 15.3 Å². The molecule has 0 unspecified atom stereocenters. The number of rotatable bonds is 7. The SMILES string of the molecule is C=C(/C=C(/C)NCCC)Nc1nc(-c2ccccc2Cl)nc(C)c1C. The van der Waals surface area contributed by atoms with E-state index in [1.165, 1.54) is 0 Å². The van der Waals surface area contributed by atoms with Crippen LogP contribution in [-0.2, 0) is 0 Å². The Morgan fingerprint density at radius 2 is 1.96 bits per heavy atom. The van der Waals surface area contributed by atoms with E-state index in [0.717, 1.165) is 47.0 Å². The van der Waals surface area contributed by atoms with E-state index in [-0.39, 0.29) is 0 Å². The van der Waals surface area contributed by atoms with Gasteiger partial charge < -0.3 is 10.6 Å². The summed E-state index contributed by atoms with van der Waals surface area (Å²) in [6.45, 7) is 13.1. The molecule has 1 aromatic carbocycles. The minimum absolute atomic E-state index is 0.605. The minimum Gasteiger partial charge on any atom is -0.389 e. The lowest BCUT2D eigenvalue weighted by molar-refractivity contribution is 0.769. The van der Waals surface area contributed by atoms with E-state index in [1.807, 2.05) is 51.1 Å². The molecule has 4 nitrogen and oxygen atoms in total. The standard InChI is InChI=1S/C20H25ClN4/c1-6-11-22-13(2)12-14(3)23-19-15(4)16(5)24-20(25-19)17-9-7-8-10-18(17)21/h7-10,12,22H,3,6,11H2,1-2,4-5H3,(H,23,24,25)/b13-12-. The van der Waals surface area contributed by atoms with Crippen molar-refractivity contribution in [3.05, 3.63) is 64.6 Å². The lowest BCUT2D eigenvalue weighted by atomic mass is 10.2. The van der Waals surface area contributed by atoms with Crippen LogP contribution in [0.4, 0.5) is 5.82 Å². The third-order valence-corrected chi connectivity index (χ3v) is 4.16. The number of anilines is 1. The number of aromatic nitrogens is 2. The Morgan fingerprint density at radius 3 is 2.64 bits per heavy atom. The second-order valence-electron chi connectivity index (χ2n) is 5.99. The molecular weight excluding hydrogens is 332 g/mol. The molecule has 0 aliphatic heterocycles. The first-order chi connectivity index (χ1) is 11.9. The molecular formula is C20H25ClN4. The van der Waals surface area contributed by atoms with Gasteiger partial charge in [-0.3, -0.25) is 0 Å². The molecule has 0 amide bonds. The highest BCUT2D eigenvalue weighted by Gasteiger charge is 2.12. The second kappa shape index (κ2) is 8.67. The fourth-order valence-electron chi connectivity index (χ4n) is 2.34. The Kier molecular flexibility index (Phi) is 6.59. The summed E-state index contributed by atoms with van der Waals surface area (Å²) in [5, 5.41) is 7.25. The van der Waals surface area contributed by atoms with Gasteiger partial charge in [-0.15, -0.1) is 0 Å². The minimum atomic E-state index is 0.605. The van der Waals surface area contributed by atoms with Gasteiger partial charge in [0, 0.05) is 34.8 Å². The quantitative estimate of drug-likeness (QED) is 0.666. The summed E-state index contributed by atoms with van der Waals surface area (Å²) in [6, 6.07) is 7.58. The van der Waals surface area contributed by atoms with Crippen LogP contribution in [0.5, 0.6) is 0 Å². The monoisotopic (exact) mass is 356 g/mol. The van der Waals surface area contributed by atoms with E-state index < -0.39 is 0 Å². The zero-order chi connectivity index (χ0) is 18.4. The summed E-state index contributed by atoms with van der Waals surface area (Å²) < 4.78 is 0. The van der Waals surface area contributed by atoms with Gasteiger partial charge in [0.15, 0.2) is 5.82 Å². The summed E-state index contributed by atoms with van der Waals surface area (Å²) in [6.07, 6.45) is 3.05. The number of allylic oxidation sites excluding steroid dienone is 2. The summed E-state index contributed by atoms with van der Waals surface area (Å²) >= 11 is 6.29. The first-order valence-corrected chi connectivity index (χ1v) is 8.78. The largest absolute Gasteiger partial charge is 0.389 e. The van der Waals surface area contributed by atoms with Gasteiger partial charge in [0.05, 0.1) is 5.02 Å². The molecule has 25 heavy (non-hydrogen) atoms. The molecule has 0 fully saturated rings. The number of nitrogens with one attached hydrogen (secondary N) is 2. The van der Waals surface area contributed by atoms with E-state index in [9.17, 15) is 0 Å². The van der Waals surface area contributed by atoms with Gasteiger partial charge >= 0.3 is 0 Å². The summed E-state index contributed by atoms with van der Waals surface area (Å²) in [5.41, 5.74) is 4.55. The predicted molar refractivity (Wildman–Crippen MR) is 107 cm³/mol. The molecule has 1 heterocycles. The van der Waals surface area contributed by atoms with Gasteiger partial charge in [-0.1, -0.05) is 37.2 Å². The van der Waals surface area contributed by atoms with Gasteiger partial charge in [0.2, 0.25) is 0 Å². The van der Waals surface area contributed by atoms with Crippen LogP contribution in [0.3, 0.4) is 0 Å². The molecule has 0 radical (unpaired) electrons. The van der Waals surface area contributed by atoms with Crippen LogP contribution in [0, 0.1) is 13.8 Å². The maximum Gasteiger partial charge on any atom is 0.163 e. The fraction of sp³-hybridized carbons (Fsp3) is 0.300. The number of aryl methyl sites for hydroxylation is 1. The van der Waals surface area contributed by atoms with E-state index in [1.54, 1.807) is 0 Å². The van der Waals surface area contributed by atoms with Crippen LogP contribution >= 0.6 is 11.6 Å². The van der Waals surface area contributed by atoms with E-state index in [0.29, 0.717) is 10.8 Å². The summed E-state index contributed by atoms with van der Waals surface area (Å²) in [4.78, 5) is 9.24. The molecule has 0 aliphatic rings. The van der Waals surface area contributed by atoms with Crippen LogP contribution in [0.25, 0.3) is 11.4 Å². The normalized spacial score (nSPS) is 11.3. The van der Waals surface area contributed by atoms with Crippen molar-refractivity contribution in [2.45, 2.75) is 34.1 Å². The van der Waals surface area contributed by atoms with Gasteiger partial charge in [0.25, 0.3) is 0 Å². The Labute approximate surface area is 155 Å². The second-order valence-corrected chi connectivity index (χ2v) is 6.40. The molecule has 0 atom stereocenters. The average molecular weight is 357 g/mol. The molecule has 2 aromatic rings. The van der Waals surface area contributed by atoms with Crippen molar-refractivity contribution < 1.29 is 0 Å². The third kappa shape index (κ3) is 5.07. The molecule has 1 aromatic heterocycles. The Bertz CT molecular complexity index is 796.